The molecule has 4 heteroatoms. The molecule has 2 unspecified atom stereocenters. The lowest BCUT2D eigenvalue weighted by atomic mass is 9.87. The van der Waals surface area contributed by atoms with Gasteiger partial charge in [-0.05, 0) is 53.6 Å². The van der Waals surface area contributed by atoms with Crippen molar-refractivity contribution in [1.29, 1.82) is 0 Å². The number of fused-ring (bicyclic) bond motifs is 2. The van der Waals surface area contributed by atoms with E-state index in [0.29, 0.717) is 6.61 Å². The predicted molar refractivity (Wildman–Crippen MR) is 66.7 cm³/mol. The van der Waals surface area contributed by atoms with Gasteiger partial charge in [0.25, 0.3) is 0 Å². The van der Waals surface area contributed by atoms with Crippen molar-refractivity contribution in [3.63, 3.8) is 0 Å². The van der Waals surface area contributed by atoms with Crippen molar-refractivity contribution in [1.82, 2.24) is 0 Å². The van der Waals surface area contributed by atoms with Crippen molar-refractivity contribution in [3.05, 3.63) is 27.3 Å². The van der Waals surface area contributed by atoms with E-state index in [2.05, 4.69) is 28.7 Å². The number of carboxylic acid groups (broad SMARTS) is 1. The minimum atomic E-state index is -0.674. The molecular weight excluding hydrogens is 319 g/mol. The summed E-state index contributed by atoms with van der Waals surface area (Å²) in [5.41, 5.74) is 0.957. The normalized spacial score (nSPS) is 30.7. The van der Waals surface area contributed by atoms with Gasteiger partial charge in [0.2, 0.25) is 0 Å². The molecule has 0 aromatic heterocycles. The number of aliphatic carboxylic acids is 1. The van der Waals surface area contributed by atoms with Gasteiger partial charge in [0.05, 0.1) is 12.5 Å². The number of benzene rings is 1. The maximum absolute atomic E-state index is 11.1. The van der Waals surface area contributed by atoms with Gasteiger partial charge in [-0.3, -0.25) is 4.79 Å². The number of hydrogen-bond acceptors (Lipinski definition) is 2. The molecule has 3 nitrogen and oxygen atoms in total. The van der Waals surface area contributed by atoms with Crippen molar-refractivity contribution >= 4 is 28.6 Å². The summed E-state index contributed by atoms with van der Waals surface area (Å²) in [5.74, 6) is -0.0181. The highest BCUT2D eigenvalue weighted by atomic mass is 127. The van der Waals surface area contributed by atoms with Gasteiger partial charge >= 0.3 is 5.97 Å². The lowest BCUT2D eigenvalue weighted by Gasteiger charge is -2.26. The van der Waals surface area contributed by atoms with Crippen LogP contribution in [0.5, 0.6) is 5.75 Å². The quantitative estimate of drug-likeness (QED) is 0.805. The minimum absolute atomic E-state index is 0.138. The van der Waals surface area contributed by atoms with E-state index in [1.54, 1.807) is 0 Å². The zero-order valence-electron chi connectivity index (χ0n) is 8.57. The lowest BCUT2D eigenvalue weighted by Crippen LogP contribution is -2.24. The van der Waals surface area contributed by atoms with E-state index < -0.39 is 5.97 Å². The first-order valence-electron chi connectivity index (χ1n) is 5.29. The molecule has 1 heterocycles. The molecule has 2 atom stereocenters. The molecule has 1 aliphatic heterocycles. The highest BCUT2D eigenvalue weighted by molar-refractivity contribution is 14.1. The molecule has 3 rings (SSSR count). The second-order valence-electron chi connectivity index (χ2n) is 4.49. The Bertz CT molecular complexity index is 471. The van der Waals surface area contributed by atoms with Gasteiger partial charge in [0.15, 0.2) is 0 Å². The molecule has 1 saturated carbocycles. The van der Waals surface area contributed by atoms with Gasteiger partial charge < -0.3 is 9.84 Å². The van der Waals surface area contributed by atoms with Crippen LogP contribution in [0.4, 0.5) is 0 Å². The van der Waals surface area contributed by atoms with Crippen LogP contribution in [0.25, 0.3) is 0 Å². The number of ether oxygens (including phenoxy) is 1. The summed E-state index contributed by atoms with van der Waals surface area (Å²) in [6, 6.07) is 6.02. The third kappa shape index (κ3) is 1.35. The van der Waals surface area contributed by atoms with Gasteiger partial charge in [-0.1, -0.05) is 0 Å². The predicted octanol–water partition coefficient (Wildman–Crippen LogP) is 2.42. The molecule has 0 saturated heterocycles. The Kier molecular flexibility index (Phi) is 2.18. The van der Waals surface area contributed by atoms with E-state index in [1.807, 2.05) is 12.1 Å². The minimum Gasteiger partial charge on any atom is -0.493 e. The Morgan fingerprint density at radius 1 is 1.56 bits per heavy atom. The molecule has 1 fully saturated rings. The maximum Gasteiger partial charge on any atom is 0.307 e. The van der Waals surface area contributed by atoms with Crippen molar-refractivity contribution in [3.8, 4) is 5.75 Å². The Hall–Kier alpha value is -0.780. The molecule has 1 aromatic rings. The molecule has 0 radical (unpaired) electrons. The van der Waals surface area contributed by atoms with Crippen molar-refractivity contribution < 1.29 is 14.6 Å². The molecule has 0 amide bonds. The molecule has 84 valence electrons. The molecule has 1 spiro atoms. The molecule has 1 N–H and O–H groups in total. The average molecular weight is 330 g/mol. The van der Waals surface area contributed by atoms with Gasteiger partial charge in [-0.25, -0.2) is 0 Å². The van der Waals surface area contributed by atoms with Gasteiger partial charge in [-0.2, -0.15) is 0 Å². The first-order valence-corrected chi connectivity index (χ1v) is 6.37. The fourth-order valence-corrected chi connectivity index (χ4v) is 3.19. The van der Waals surface area contributed by atoms with Gasteiger partial charge in [0, 0.05) is 14.5 Å². The molecule has 2 aliphatic rings. The molecular formula is C12H11IO3. The Balaban J connectivity index is 2.07. The second kappa shape index (κ2) is 3.35. The first-order chi connectivity index (χ1) is 7.63. The number of hydrogen-bond donors (Lipinski definition) is 1. The Labute approximate surface area is 107 Å². The van der Waals surface area contributed by atoms with Crippen LogP contribution < -0.4 is 4.74 Å². The van der Waals surface area contributed by atoms with Crippen molar-refractivity contribution in [2.75, 3.05) is 6.61 Å². The van der Waals surface area contributed by atoms with Crippen LogP contribution in [-0.2, 0) is 10.2 Å². The summed E-state index contributed by atoms with van der Waals surface area (Å²) in [6.07, 6.45) is 1.59. The zero-order valence-corrected chi connectivity index (χ0v) is 10.7. The topological polar surface area (TPSA) is 46.5 Å². The zero-order chi connectivity index (χ0) is 11.3. The van der Waals surface area contributed by atoms with E-state index in [0.717, 1.165) is 27.7 Å². The lowest BCUT2D eigenvalue weighted by molar-refractivity contribution is -0.139. The SMILES string of the molecule is O=C(O)C1CC12CCOc1ccc(I)cc12. The van der Waals surface area contributed by atoms with E-state index in [-0.39, 0.29) is 11.3 Å². The van der Waals surface area contributed by atoms with Crippen LogP contribution in [0.3, 0.4) is 0 Å². The molecule has 1 aliphatic carbocycles. The third-order valence-electron chi connectivity index (χ3n) is 3.66. The highest BCUT2D eigenvalue weighted by Crippen LogP contribution is 2.60. The molecule has 0 bridgehead atoms. The maximum atomic E-state index is 11.1. The number of halogens is 1. The monoisotopic (exact) mass is 330 g/mol. The van der Waals surface area contributed by atoms with Gasteiger partial charge in [0.1, 0.15) is 5.75 Å². The Morgan fingerprint density at radius 2 is 2.38 bits per heavy atom. The van der Waals surface area contributed by atoms with Crippen LogP contribution >= 0.6 is 22.6 Å². The first kappa shape index (κ1) is 10.4. The van der Waals surface area contributed by atoms with Crippen LogP contribution in [0.2, 0.25) is 0 Å². The summed E-state index contributed by atoms with van der Waals surface area (Å²) < 4.78 is 6.72. The number of rotatable bonds is 1. The number of carbonyl (C=O) groups is 1. The average Bonchev–Trinajstić information content (AvgIpc) is 2.96. The van der Waals surface area contributed by atoms with Gasteiger partial charge in [-0.15, -0.1) is 0 Å². The van der Waals surface area contributed by atoms with Crippen LogP contribution in [0.15, 0.2) is 18.2 Å². The second-order valence-corrected chi connectivity index (χ2v) is 5.74. The van der Waals surface area contributed by atoms with E-state index in [9.17, 15) is 4.79 Å². The third-order valence-corrected chi connectivity index (χ3v) is 4.33. The van der Waals surface area contributed by atoms with E-state index in [1.165, 1.54) is 0 Å². The van der Waals surface area contributed by atoms with E-state index >= 15 is 0 Å². The summed E-state index contributed by atoms with van der Waals surface area (Å²) >= 11 is 2.25. The van der Waals surface area contributed by atoms with Crippen LogP contribution in [0, 0.1) is 9.49 Å². The highest BCUT2D eigenvalue weighted by Gasteiger charge is 2.61. The van der Waals surface area contributed by atoms with Crippen molar-refractivity contribution in [2.24, 2.45) is 5.92 Å². The number of carboxylic acids is 1. The largest absolute Gasteiger partial charge is 0.493 e. The van der Waals surface area contributed by atoms with Crippen molar-refractivity contribution in [2.45, 2.75) is 18.3 Å². The van der Waals surface area contributed by atoms with Crippen LogP contribution in [-0.4, -0.2) is 17.7 Å². The summed E-state index contributed by atoms with van der Waals surface area (Å²) in [4.78, 5) is 11.1. The smallest absolute Gasteiger partial charge is 0.307 e. The Morgan fingerprint density at radius 3 is 3.06 bits per heavy atom. The summed E-state index contributed by atoms with van der Waals surface area (Å²) in [7, 11) is 0. The summed E-state index contributed by atoms with van der Waals surface area (Å²) in [6.45, 7) is 0.636. The van der Waals surface area contributed by atoms with Crippen LogP contribution in [0.1, 0.15) is 18.4 Å². The molecule has 16 heavy (non-hydrogen) atoms. The van der Waals surface area contributed by atoms with E-state index in [4.69, 9.17) is 9.84 Å². The summed E-state index contributed by atoms with van der Waals surface area (Å²) in [5, 5.41) is 9.12. The fourth-order valence-electron chi connectivity index (χ4n) is 2.70. The molecule has 1 aromatic carbocycles. The fraction of sp³-hybridized carbons (Fsp3) is 0.417. The standard InChI is InChI=1S/C12H11IO3/c13-7-1-2-10-8(5-7)12(3-4-16-10)6-9(12)11(14)15/h1-2,5,9H,3-4,6H2,(H,14,15).